The Labute approximate surface area is 128 Å². The van der Waals surface area contributed by atoms with Crippen molar-refractivity contribution >= 4 is 10.1 Å². The summed E-state index contributed by atoms with van der Waals surface area (Å²) in [4.78, 5) is 0.212. The molecule has 0 bridgehead atoms. The Kier molecular flexibility index (Phi) is 5.59. The molecule has 0 aromatic heterocycles. The van der Waals surface area contributed by atoms with E-state index in [2.05, 4.69) is 13.5 Å². The summed E-state index contributed by atoms with van der Waals surface area (Å²) in [5, 5.41) is 0. The average molecular weight is 308 g/mol. The Bertz CT molecular complexity index is 554. The third-order valence-corrected chi connectivity index (χ3v) is 5.69. The van der Waals surface area contributed by atoms with Crippen LogP contribution in [0.4, 0.5) is 0 Å². The maximum Gasteiger partial charge on any atom is 0.297 e. The summed E-state index contributed by atoms with van der Waals surface area (Å²) in [6, 6.07) is 7.13. The van der Waals surface area contributed by atoms with Crippen molar-refractivity contribution < 1.29 is 12.6 Å². The van der Waals surface area contributed by atoms with Gasteiger partial charge in [0.1, 0.15) is 0 Å². The average Bonchev–Trinajstić information content (AvgIpc) is 2.53. The maximum atomic E-state index is 11.9. The van der Waals surface area contributed by atoms with Crippen molar-refractivity contribution in [2.75, 3.05) is 6.61 Å². The Balaban J connectivity index is 2.09. The van der Waals surface area contributed by atoms with Gasteiger partial charge < -0.3 is 0 Å². The molecule has 0 saturated heterocycles. The number of benzene rings is 1. The highest BCUT2D eigenvalue weighted by atomic mass is 32.2. The van der Waals surface area contributed by atoms with Gasteiger partial charge in [-0.25, -0.2) is 0 Å². The fourth-order valence-electron chi connectivity index (χ4n) is 3.05. The van der Waals surface area contributed by atoms with Crippen LogP contribution in [0, 0.1) is 5.92 Å². The predicted molar refractivity (Wildman–Crippen MR) is 84.8 cm³/mol. The van der Waals surface area contributed by atoms with Crippen molar-refractivity contribution in [1.82, 2.24) is 0 Å². The molecule has 3 nitrogen and oxygen atoms in total. The lowest BCUT2D eigenvalue weighted by Gasteiger charge is -2.28. The summed E-state index contributed by atoms with van der Waals surface area (Å²) < 4.78 is 28.6. The van der Waals surface area contributed by atoms with E-state index in [0.29, 0.717) is 5.92 Å². The first-order chi connectivity index (χ1) is 10.0. The first-order valence-electron chi connectivity index (χ1n) is 7.65. The monoisotopic (exact) mass is 308 g/mol. The van der Waals surface area contributed by atoms with Crippen LogP contribution in [0.2, 0.25) is 0 Å². The minimum Gasteiger partial charge on any atom is -0.262 e. The molecule has 1 saturated carbocycles. The van der Waals surface area contributed by atoms with Crippen molar-refractivity contribution in [2.45, 2.75) is 49.8 Å². The fraction of sp³-hybridized carbons (Fsp3) is 0.529. The second-order valence-electron chi connectivity index (χ2n) is 5.78. The van der Waals surface area contributed by atoms with Crippen LogP contribution in [0.1, 0.15) is 50.5 Å². The van der Waals surface area contributed by atoms with Gasteiger partial charge in [0.25, 0.3) is 10.1 Å². The maximum absolute atomic E-state index is 11.9. The Morgan fingerprint density at radius 2 is 1.86 bits per heavy atom. The van der Waals surface area contributed by atoms with Crippen LogP contribution in [-0.4, -0.2) is 15.0 Å². The zero-order chi connectivity index (χ0) is 15.3. The molecule has 1 aromatic rings. The molecular weight excluding hydrogens is 284 g/mol. The van der Waals surface area contributed by atoms with Gasteiger partial charge in [0, 0.05) is 0 Å². The predicted octanol–water partition coefficient (Wildman–Crippen LogP) is 4.26. The van der Waals surface area contributed by atoms with E-state index in [-0.39, 0.29) is 11.5 Å². The van der Waals surface area contributed by atoms with E-state index in [0.717, 1.165) is 5.92 Å². The van der Waals surface area contributed by atoms with Crippen LogP contribution < -0.4 is 0 Å². The van der Waals surface area contributed by atoms with Gasteiger partial charge in [-0.05, 0) is 42.4 Å². The highest BCUT2D eigenvalue weighted by Crippen LogP contribution is 2.35. The molecule has 1 aliphatic carbocycles. The molecule has 0 heterocycles. The van der Waals surface area contributed by atoms with E-state index < -0.39 is 10.1 Å². The molecule has 1 atom stereocenters. The van der Waals surface area contributed by atoms with Crippen LogP contribution in [0.15, 0.2) is 41.8 Å². The third-order valence-electron chi connectivity index (χ3n) is 4.39. The van der Waals surface area contributed by atoms with Crippen molar-refractivity contribution in [3.8, 4) is 0 Å². The Morgan fingerprint density at radius 1 is 1.24 bits per heavy atom. The molecule has 4 heteroatoms. The lowest BCUT2D eigenvalue weighted by atomic mass is 9.78. The minimum atomic E-state index is -3.66. The van der Waals surface area contributed by atoms with E-state index in [1.54, 1.807) is 12.1 Å². The molecule has 1 aliphatic rings. The lowest BCUT2D eigenvalue weighted by Crippen LogP contribution is -2.14. The fourth-order valence-corrected chi connectivity index (χ4v) is 3.93. The second-order valence-corrected chi connectivity index (χ2v) is 7.40. The van der Waals surface area contributed by atoms with Crippen molar-refractivity contribution in [3.05, 3.63) is 42.5 Å². The quantitative estimate of drug-likeness (QED) is 0.582. The first-order valence-corrected chi connectivity index (χ1v) is 9.05. The van der Waals surface area contributed by atoms with Crippen LogP contribution in [0.3, 0.4) is 0 Å². The van der Waals surface area contributed by atoms with Crippen LogP contribution in [0.5, 0.6) is 0 Å². The van der Waals surface area contributed by atoms with E-state index in [1.165, 1.54) is 43.7 Å². The second kappa shape index (κ2) is 7.23. The number of hydrogen-bond acceptors (Lipinski definition) is 3. The molecule has 0 N–H and O–H groups in total. The highest BCUT2D eigenvalue weighted by Gasteiger charge is 2.22. The molecule has 0 aliphatic heterocycles. The molecule has 116 valence electrons. The van der Waals surface area contributed by atoms with Gasteiger partial charge in [-0.3, -0.25) is 4.18 Å². The minimum absolute atomic E-state index is 0.00254. The standard InChI is InChI=1S/C17H24O3S/c1-3-13-20-21(18,19)17-11-9-16(10-12-17)14(2)15-7-5-4-6-8-15/h3,9-12,14-15H,1,4-8,13H2,2H3. The first kappa shape index (κ1) is 16.2. The molecule has 21 heavy (non-hydrogen) atoms. The van der Waals surface area contributed by atoms with Crippen LogP contribution in [0.25, 0.3) is 0 Å². The normalized spacial score (nSPS) is 18.3. The molecule has 1 aromatic carbocycles. The molecule has 1 unspecified atom stereocenters. The van der Waals surface area contributed by atoms with Gasteiger partial charge in [-0.15, -0.1) is 6.58 Å². The van der Waals surface area contributed by atoms with E-state index in [4.69, 9.17) is 4.18 Å². The highest BCUT2D eigenvalue weighted by molar-refractivity contribution is 7.86. The van der Waals surface area contributed by atoms with Crippen LogP contribution in [-0.2, 0) is 14.3 Å². The van der Waals surface area contributed by atoms with E-state index >= 15 is 0 Å². The van der Waals surface area contributed by atoms with E-state index in [1.807, 2.05) is 12.1 Å². The van der Waals surface area contributed by atoms with E-state index in [9.17, 15) is 8.42 Å². The topological polar surface area (TPSA) is 43.4 Å². The van der Waals surface area contributed by atoms with Crippen molar-refractivity contribution in [2.24, 2.45) is 5.92 Å². The summed E-state index contributed by atoms with van der Waals surface area (Å²) >= 11 is 0. The third kappa shape index (κ3) is 4.17. The molecule has 0 radical (unpaired) electrons. The van der Waals surface area contributed by atoms with Crippen LogP contribution >= 0.6 is 0 Å². The molecular formula is C17H24O3S. The number of hydrogen-bond donors (Lipinski definition) is 0. The smallest absolute Gasteiger partial charge is 0.262 e. The molecule has 0 spiro atoms. The summed E-state index contributed by atoms with van der Waals surface area (Å²) in [6.07, 6.45) is 7.97. The Hall–Kier alpha value is -1.13. The largest absolute Gasteiger partial charge is 0.297 e. The summed E-state index contributed by atoms with van der Waals surface area (Å²) in [7, 11) is -3.66. The van der Waals surface area contributed by atoms with Gasteiger partial charge >= 0.3 is 0 Å². The molecule has 1 fully saturated rings. The molecule has 0 amide bonds. The van der Waals surface area contributed by atoms with Gasteiger partial charge in [0.05, 0.1) is 11.5 Å². The van der Waals surface area contributed by atoms with Gasteiger partial charge in [0.15, 0.2) is 0 Å². The van der Waals surface area contributed by atoms with Crippen molar-refractivity contribution in [1.29, 1.82) is 0 Å². The zero-order valence-electron chi connectivity index (χ0n) is 12.6. The summed E-state index contributed by atoms with van der Waals surface area (Å²) in [6.45, 7) is 5.70. The lowest BCUT2D eigenvalue weighted by molar-refractivity contribution is 0.316. The number of rotatable bonds is 6. The summed E-state index contributed by atoms with van der Waals surface area (Å²) in [5.74, 6) is 1.20. The zero-order valence-corrected chi connectivity index (χ0v) is 13.4. The Morgan fingerprint density at radius 3 is 2.43 bits per heavy atom. The van der Waals surface area contributed by atoms with Gasteiger partial charge in [0.2, 0.25) is 0 Å². The SMILES string of the molecule is C=CCOS(=O)(=O)c1ccc(C(C)C2CCCCC2)cc1. The summed E-state index contributed by atoms with van der Waals surface area (Å²) in [5.41, 5.74) is 1.21. The molecule has 2 rings (SSSR count). The van der Waals surface area contributed by atoms with Crippen molar-refractivity contribution in [3.63, 3.8) is 0 Å². The van der Waals surface area contributed by atoms with Gasteiger partial charge in [-0.1, -0.05) is 44.4 Å². The van der Waals surface area contributed by atoms with Gasteiger partial charge in [-0.2, -0.15) is 8.42 Å².